The zero-order valence-corrected chi connectivity index (χ0v) is 15.2. The van der Waals surface area contributed by atoms with Gasteiger partial charge in [-0.15, -0.1) is 0 Å². The lowest BCUT2D eigenvalue weighted by Gasteiger charge is -2.27. The van der Waals surface area contributed by atoms with Crippen LogP contribution in [-0.4, -0.2) is 29.6 Å². The van der Waals surface area contributed by atoms with Crippen LogP contribution in [0.3, 0.4) is 0 Å². The summed E-state index contributed by atoms with van der Waals surface area (Å²) in [4.78, 5) is 19.4. The average molecular weight is 383 g/mol. The third-order valence-corrected chi connectivity index (χ3v) is 4.54. The molecule has 144 valence electrons. The molecule has 2 aromatic carbocycles. The van der Waals surface area contributed by atoms with Gasteiger partial charge in [-0.05, 0) is 35.4 Å². The van der Waals surface area contributed by atoms with Crippen LogP contribution < -0.4 is 0 Å². The van der Waals surface area contributed by atoms with Crippen molar-refractivity contribution >= 4 is 11.6 Å². The molecule has 28 heavy (non-hydrogen) atoms. The van der Waals surface area contributed by atoms with Gasteiger partial charge in [-0.3, -0.25) is 4.79 Å². The Morgan fingerprint density at radius 1 is 1.11 bits per heavy atom. The van der Waals surface area contributed by atoms with E-state index in [-0.39, 0.29) is 30.3 Å². The summed E-state index contributed by atoms with van der Waals surface area (Å²) in [5.74, 6) is -0.878. The molecule has 1 aliphatic heterocycles. The van der Waals surface area contributed by atoms with E-state index < -0.39 is 5.82 Å². The van der Waals surface area contributed by atoms with Crippen molar-refractivity contribution < 1.29 is 18.4 Å². The van der Waals surface area contributed by atoms with Crippen LogP contribution in [0, 0.1) is 23.0 Å². The fourth-order valence-electron chi connectivity index (χ4n) is 2.94. The lowest BCUT2D eigenvalue weighted by Crippen LogP contribution is -2.39. The van der Waals surface area contributed by atoms with Crippen LogP contribution in [0.15, 0.2) is 47.6 Å². The number of hydrogen-bond donors (Lipinski definition) is 0. The Morgan fingerprint density at radius 3 is 2.46 bits per heavy atom. The molecule has 7 heteroatoms. The molecule has 0 spiro atoms. The number of nitriles is 1. The Labute approximate surface area is 161 Å². The van der Waals surface area contributed by atoms with Gasteiger partial charge < -0.3 is 9.74 Å². The number of carbonyl (C=O) groups is 1. The number of benzene rings is 2. The number of rotatable bonds is 5. The highest BCUT2D eigenvalue weighted by molar-refractivity contribution is 5.87. The number of hydrogen-bond acceptors (Lipinski definition) is 4. The highest BCUT2D eigenvalue weighted by Crippen LogP contribution is 2.13. The van der Waals surface area contributed by atoms with Crippen LogP contribution in [-0.2, 0) is 22.7 Å². The molecule has 0 N–H and O–H groups in total. The summed E-state index contributed by atoms with van der Waals surface area (Å²) in [5.41, 5.74) is 2.27. The second-order valence-corrected chi connectivity index (χ2v) is 6.54. The van der Waals surface area contributed by atoms with Gasteiger partial charge in [-0.2, -0.15) is 5.26 Å². The van der Waals surface area contributed by atoms with Crippen molar-refractivity contribution in [3.63, 3.8) is 0 Å². The maximum atomic E-state index is 13.3. The van der Waals surface area contributed by atoms with Gasteiger partial charge >= 0.3 is 0 Å². The maximum Gasteiger partial charge on any atom is 0.227 e. The minimum atomic E-state index is -0.560. The van der Waals surface area contributed by atoms with Gasteiger partial charge in [0.2, 0.25) is 5.91 Å². The van der Waals surface area contributed by atoms with Crippen molar-refractivity contribution in [1.29, 1.82) is 5.26 Å². The minimum Gasteiger partial charge on any atom is -0.391 e. The number of carbonyl (C=O) groups excluding carboxylic acids is 1. The van der Waals surface area contributed by atoms with E-state index in [9.17, 15) is 13.6 Å². The molecule has 0 bridgehead atoms. The Kier molecular flexibility index (Phi) is 6.33. The van der Waals surface area contributed by atoms with E-state index in [1.807, 2.05) is 0 Å². The van der Waals surface area contributed by atoms with E-state index in [0.29, 0.717) is 31.5 Å². The number of halogens is 2. The van der Waals surface area contributed by atoms with Crippen molar-refractivity contribution in [2.45, 2.75) is 25.9 Å². The van der Waals surface area contributed by atoms with E-state index in [4.69, 9.17) is 10.1 Å². The number of nitrogens with zero attached hydrogens (tertiary/aromatic N) is 3. The standard InChI is InChI=1S/C21H19F2N3O2/c22-18-4-1-15(2-5-18)12-21(27)26-9-7-19(8-10-26)25-28-14-16-3-6-20(23)17(11-16)13-24/h1-6,11H,7-10,12,14H2. The number of likely N-dealkylation sites (tertiary alicyclic amines) is 1. The number of amides is 1. The zero-order chi connectivity index (χ0) is 19.9. The first-order valence-corrected chi connectivity index (χ1v) is 8.93. The largest absolute Gasteiger partial charge is 0.391 e. The summed E-state index contributed by atoms with van der Waals surface area (Å²) in [7, 11) is 0. The van der Waals surface area contributed by atoms with Crippen LogP contribution in [0.1, 0.15) is 29.5 Å². The lowest BCUT2D eigenvalue weighted by molar-refractivity contribution is -0.130. The van der Waals surface area contributed by atoms with Gasteiger partial charge in [-0.25, -0.2) is 8.78 Å². The van der Waals surface area contributed by atoms with Gasteiger partial charge in [0.1, 0.15) is 24.3 Å². The van der Waals surface area contributed by atoms with Crippen molar-refractivity contribution in [1.82, 2.24) is 4.90 Å². The zero-order valence-electron chi connectivity index (χ0n) is 15.2. The van der Waals surface area contributed by atoms with Crippen LogP contribution in [0.25, 0.3) is 0 Å². The van der Waals surface area contributed by atoms with Crippen LogP contribution >= 0.6 is 0 Å². The molecule has 0 aromatic heterocycles. The molecule has 0 aliphatic carbocycles. The predicted octanol–water partition coefficient (Wildman–Crippen LogP) is 3.57. The Balaban J connectivity index is 1.46. The average Bonchev–Trinajstić information content (AvgIpc) is 2.71. The first-order chi connectivity index (χ1) is 13.5. The third kappa shape index (κ3) is 5.13. The van der Waals surface area contributed by atoms with Gasteiger partial charge in [-0.1, -0.05) is 23.4 Å². The number of piperidine rings is 1. The Morgan fingerprint density at radius 2 is 1.79 bits per heavy atom. The predicted molar refractivity (Wildman–Crippen MR) is 99.3 cm³/mol. The van der Waals surface area contributed by atoms with Gasteiger partial charge in [0.05, 0.1) is 17.7 Å². The van der Waals surface area contributed by atoms with Crippen LogP contribution in [0.2, 0.25) is 0 Å². The minimum absolute atomic E-state index is 0.00178. The molecule has 1 heterocycles. The SMILES string of the molecule is N#Cc1cc(CON=C2CCN(C(=O)Cc3ccc(F)cc3)CC2)ccc1F. The molecule has 1 amide bonds. The first-order valence-electron chi connectivity index (χ1n) is 8.93. The maximum absolute atomic E-state index is 13.3. The van der Waals surface area contributed by atoms with E-state index >= 15 is 0 Å². The summed E-state index contributed by atoms with van der Waals surface area (Å²) in [6, 6.07) is 11.9. The second-order valence-electron chi connectivity index (χ2n) is 6.54. The van der Waals surface area contributed by atoms with Gasteiger partial charge in [0.15, 0.2) is 0 Å². The first kappa shape index (κ1) is 19.5. The van der Waals surface area contributed by atoms with E-state index in [0.717, 1.165) is 11.3 Å². The van der Waals surface area contributed by atoms with Crippen molar-refractivity contribution in [2.75, 3.05) is 13.1 Å². The summed E-state index contributed by atoms with van der Waals surface area (Å²) in [6.07, 6.45) is 1.47. The third-order valence-electron chi connectivity index (χ3n) is 4.54. The lowest BCUT2D eigenvalue weighted by atomic mass is 10.1. The molecule has 1 saturated heterocycles. The Bertz CT molecular complexity index is 910. The fraction of sp³-hybridized carbons (Fsp3) is 0.286. The van der Waals surface area contributed by atoms with E-state index in [1.165, 1.54) is 24.3 Å². The molecular formula is C21H19F2N3O2. The van der Waals surface area contributed by atoms with Gasteiger partial charge in [0.25, 0.3) is 0 Å². The van der Waals surface area contributed by atoms with E-state index in [1.54, 1.807) is 29.2 Å². The normalized spacial score (nSPS) is 13.8. The monoisotopic (exact) mass is 383 g/mol. The quantitative estimate of drug-likeness (QED) is 0.742. The summed E-state index contributed by atoms with van der Waals surface area (Å²) in [5, 5.41) is 12.9. The fourth-order valence-corrected chi connectivity index (χ4v) is 2.94. The van der Waals surface area contributed by atoms with Gasteiger partial charge in [0, 0.05) is 25.9 Å². The van der Waals surface area contributed by atoms with Crippen LogP contribution in [0.4, 0.5) is 8.78 Å². The van der Waals surface area contributed by atoms with Crippen molar-refractivity contribution in [3.8, 4) is 6.07 Å². The molecular weight excluding hydrogens is 364 g/mol. The summed E-state index contributed by atoms with van der Waals surface area (Å²) >= 11 is 0. The molecule has 0 radical (unpaired) electrons. The molecule has 3 rings (SSSR count). The highest BCUT2D eigenvalue weighted by Gasteiger charge is 2.20. The summed E-state index contributed by atoms with van der Waals surface area (Å²) < 4.78 is 26.2. The van der Waals surface area contributed by atoms with Crippen LogP contribution in [0.5, 0.6) is 0 Å². The molecule has 5 nitrogen and oxygen atoms in total. The molecule has 0 atom stereocenters. The summed E-state index contributed by atoms with van der Waals surface area (Å²) in [6.45, 7) is 1.25. The van der Waals surface area contributed by atoms with E-state index in [2.05, 4.69) is 5.16 Å². The molecule has 0 unspecified atom stereocenters. The second kappa shape index (κ2) is 9.09. The van der Waals surface area contributed by atoms with Crippen molar-refractivity contribution in [3.05, 3.63) is 70.8 Å². The molecule has 2 aromatic rings. The molecule has 1 aliphatic rings. The smallest absolute Gasteiger partial charge is 0.227 e. The highest BCUT2D eigenvalue weighted by atomic mass is 19.1. The topological polar surface area (TPSA) is 65.7 Å². The number of oxime groups is 1. The Hall–Kier alpha value is -3.27. The molecule has 1 fully saturated rings. The van der Waals surface area contributed by atoms with Crippen molar-refractivity contribution in [2.24, 2.45) is 5.16 Å². The molecule has 0 saturated carbocycles.